The molecule has 2 aromatic rings. The van der Waals surface area contributed by atoms with Gasteiger partial charge in [-0.25, -0.2) is 13.8 Å². The van der Waals surface area contributed by atoms with Crippen molar-refractivity contribution in [1.82, 2.24) is 15.2 Å². The van der Waals surface area contributed by atoms with E-state index in [2.05, 4.69) is 20.6 Å². The van der Waals surface area contributed by atoms with Crippen molar-refractivity contribution in [2.24, 2.45) is 21.7 Å². The number of halogens is 2. The Kier molecular flexibility index (Phi) is 6.27. The van der Waals surface area contributed by atoms with E-state index in [1.807, 2.05) is 19.2 Å². The van der Waals surface area contributed by atoms with E-state index in [-0.39, 0.29) is 24.3 Å². The van der Waals surface area contributed by atoms with E-state index in [1.54, 1.807) is 6.20 Å². The van der Waals surface area contributed by atoms with E-state index in [1.165, 1.54) is 17.0 Å². The third kappa shape index (κ3) is 4.24. The second-order valence-corrected chi connectivity index (χ2v) is 12.2. The summed E-state index contributed by atoms with van der Waals surface area (Å²) in [4.78, 5) is 50.8. The van der Waals surface area contributed by atoms with Crippen LogP contribution in [-0.2, 0) is 32.0 Å². The number of ether oxygens (including phenoxy) is 1. The second kappa shape index (κ2) is 9.79. The molecule has 9 nitrogen and oxygen atoms in total. The smallest absolute Gasteiger partial charge is 0.244 e. The van der Waals surface area contributed by atoms with Crippen LogP contribution in [0.2, 0.25) is 0 Å². The van der Waals surface area contributed by atoms with Crippen LogP contribution in [0.25, 0.3) is 0 Å². The number of piperidine rings is 1. The maximum absolute atomic E-state index is 14.2. The number of likely N-dealkylation sites (tertiary alicyclic amines) is 1. The van der Waals surface area contributed by atoms with Gasteiger partial charge >= 0.3 is 0 Å². The van der Waals surface area contributed by atoms with Crippen molar-refractivity contribution < 1.29 is 27.9 Å². The Morgan fingerprint density at radius 3 is 2.64 bits per heavy atom. The first kappa shape index (κ1) is 26.9. The normalized spacial score (nSPS) is 27.5. The Morgan fingerprint density at radius 2 is 1.88 bits per heavy atom. The highest BCUT2D eigenvalue weighted by molar-refractivity contribution is 5.97. The molecule has 2 N–H and O–H groups in total. The standard InChI is InChI=1S/C31H31F2N5O4/c1-17-14-35-27-26(17)31(28(40)37-27)12-19-10-22(15-34-23(19)13-31)36-25(39)16-38-24(18-8-20(32)11-21(33)9-18)2-3-30(29(38)41)4-6-42-7-5-30/h8-11,14-15,17,24H,2-7,12-13,16H2,1H3,(H,36,39)(H,37,40). The molecule has 2 fully saturated rings. The van der Waals surface area contributed by atoms with Gasteiger partial charge in [-0.05, 0) is 67.0 Å². The first-order chi connectivity index (χ1) is 20.2. The van der Waals surface area contributed by atoms with Crippen LogP contribution in [0.15, 0.2) is 46.8 Å². The molecule has 42 heavy (non-hydrogen) atoms. The third-order valence-electron chi connectivity index (χ3n) is 9.65. The number of aliphatic imine (C=N–C) groups is 1. The summed E-state index contributed by atoms with van der Waals surface area (Å²) >= 11 is 0. The van der Waals surface area contributed by atoms with Gasteiger partial charge in [0.2, 0.25) is 17.7 Å². The molecule has 1 aromatic heterocycles. The van der Waals surface area contributed by atoms with Crippen LogP contribution >= 0.6 is 0 Å². The Hall–Kier alpha value is -3.99. The molecule has 0 bridgehead atoms. The van der Waals surface area contributed by atoms with E-state index in [4.69, 9.17) is 4.74 Å². The molecule has 1 aliphatic carbocycles. The number of carbonyl (C=O) groups is 3. The molecule has 1 aromatic carbocycles. The lowest BCUT2D eigenvalue weighted by molar-refractivity contribution is -0.159. The number of anilines is 1. The summed E-state index contributed by atoms with van der Waals surface area (Å²) in [5.74, 6) is -1.49. The van der Waals surface area contributed by atoms with Gasteiger partial charge in [-0.3, -0.25) is 19.4 Å². The summed E-state index contributed by atoms with van der Waals surface area (Å²) in [7, 11) is 0. The molecule has 11 heteroatoms. The van der Waals surface area contributed by atoms with Crippen LogP contribution in [0.3, 0.4) is 0 Å². The van der Waals surface area contributed by atoms with E-state index in [0.29, 0.717) is 68.8 Å². The largest absolute Gasteiger partial charge is 0.381 e. The monoisotopic (exact) mass is 575 g/mol. The molecule has 2 saturated heterocycles. The Morgan fingerprint density at radius 1 is 1.12 bits per heavy atom. The predicted molar refractivity (Wildman–Crippen MR) is 148 cm³/mol. The lowest BCUT2D eigenvalue weighted by atomic mass is 9.70. The summed E-state index contributed by atoms with van der Waals surface area (Å²) in [5, 5.41) is 5.78. The molecule has 0 radical (unpaired) electrons. The van der Waals surface area contributed by atoms with Gasteiger partial charge in [0.25, 0.3) is 0 Å². The number of pyridine rings is 1. The number of benzene rings is 1. The minimum Gasteiger partial charge on any atom is -0.381 e. The lowest BCUT2D eigenvalue weighted by Gasteiger charge is -2.47. The Labute approximate surface area is 241 Å². The van der Waals surface area contributed by atoms with Crippen molar-refractivity contribution in [2.45, 2.75) is 51.5 Å². The number of nitrogens with zero attached hydrogens (tertiary/aromatic N) is 3. The highest BCUT2D eigenvalue weighted by Crippen LogP contribution is 2.51. The van der Waals surface area contributed by atoms with Crippen molar-refractivity contribution in [1.29, 1.82) is 0 Å². The molecule has 3 amide bonds. The number of aromatic nitrogens is 1. The zero-order valence-electron chi connectivity index (χ0n) is 23.2. The van der Waals surface area contributed by atoms with Gasteiger partial charge in [-0.1, -0.05) is 6.92 Å². The molecule has 218 valence electrons. The van der Waals surface area contributed by atoms with Gasteiger partial charge in [-0.2, -0.15) is 0 Å². The van der Waals surface area contributed by atoms with E-state index in [9.17, 15) is 23.2 Å². The molecular weight excluding hydrogens is 544 g/mol. The maximum atomic E-state index is 14.2. The number of hydrogen-bond donors (Lipinski definition) is 2. The van der Waals surface area contributed by atoms with Crippen molar-refractivity contribution >= 4 is 29.6 Å². The van der Waals surface area contributed by atoms with Gasteiger partial charge < -0.3 is 20.3 Å². The maximum Gasteiger partial charge on any atom is 0.244 e. The molecule has 7 rings (SSSR count). The average Bonchev–Trinajstić information content (AvgIpc) is 3.59. The van der Waals surface area contributed by atoms with Crippen LogP contribution in [0.5, 0.6) is 0 Å². The van der Waals surface area contributed by atoms with Crippen LogP contribution < -0.4 is 10.6 Å². The summed E-state index contributed by atoms with van der Waals surface area (Å²) in [6, 6.07) is 4.44. The third-order valence-corrected chi connectivity index (χ3v) is 9.65. The first-order valence-electron chi connectivity index (χ1n) is 14.4. The zero-order chi connectivity index (χ0) is 29.2. The van der Waals surface area contributed by atoms with Crippen molar-refractivity contribution in [3.8, 4) is 0 Å². The number of hydrogen-bond acceptors (Lipinski definition) is 6. The fourth-order valence-corrected chi connectivity index (χ4v) is 7.60. The number of amides is 3. The van der Waals surface area contributed by atoms with Crippen LogP contribution in [0.4, 0.5) is 14.5 Å². The van der Waals surface area contributed by atoms with Gasteiger partial charge in [0.05, 0.1) is 28.8 Å². The van der Waals surface area contributed by atoms with Crippen LogP contribution in [0.1, 0.15) is 55.5 Å². The molecule has 3 atom stereocenters. The molecule has 0 saturated carbocycles. The summed E-state index contributed by atoms with van der Waals surface area (Å²) in [6.07, 6.45) is 6.44. The van der Waals surface area contributed by atoms with Crippen LogP contribution in [-0.4, -0.2) is 53.6 Å². The second-order valence-electron chi connectivity index (χ2n) is 12.2. The zero-order valence-corrected chi connectivity index (χ0v) is 23.2. The SMILES string of the molecule is CC1C=NC2=C1C1(Cc3cc(NC(=O)CN4C(=O)C5(CCOCC5)CCC4c4cc(F)cc(F)c4)cnc3C1)C(=O)N2. The van der Waals surface area contributed by atoms with Gasteiger partial charge in [-0.15, -0.1) is 0 Å². The Balaban J connectivity index is 1.12. The molecule has 5 heterocycles. The van der Waals surface area contributed by atoms with Crippen molar-refractivity contribution in [2.75, 3.05) is 25.1 Å². The predicted octanol–water partition coefficient (Wildman–Crippen LogP) is 3.61. The Bertz CT molecular complexity index is 1560. The van der Waals surface area contributed by atoms with Crippen LogP contribution in [0, 0.1) is 28.4 Å². The summed E-state index contributed by atoms with van der Waals surface area (Å²) < 4.78 is 33.8. The van der Waals surface area contributed by atoms with Gasteiger partial charge in [0, 0.05) is 43.5 Å². The summed E-state index contributed by atoms with van der Waals surface area (Å²) in [5.41, 5.74) is 2.07. The molecule has 2 spiro atoms. The minimum absolute atomic E-state index is 0.0491. The van der Waals surface area contributed by atoms with Crippen molar-refractivity contribution in [3.05, 3.63) is 70.3 Å². The van der Waals surface area contributed by atoms with E-state index in [0.717, 1.165) is 22.9 Å². The molecule has 5 aliphatic rings. The quantitative estimate of drug-likeness (QED) is 0.579. The van der Waals surface area contributed by atoms with Crippen molar-refractivity contribution in [3.63, 3.8) is 0 Å². The minimum atomic E-state index is -0.729. The molecular formula is C31H31F2N5O4. The number of fused-ring (bicyclic) bond motifs is 2. The van der Waals surface area contributed by atoms with E-state index < -0.39 is 34.4 Å². The highest BCUT2D eigenvalue weighted by Gasteiger charge is 2.55. The number of carbonyl (C=O) groups excluding carboxylic acids is 3. The first-order valence-corrected chi connectivity index (χ1v) is 14.4. The number of nitrogens with one attached hydrogen (secondary N) is 2. The van der Waals surface area contributed by atoms with Gasteiger partial charge in [0.15, 0.2) is 0 Å². The fraction of sp³-hybridized carbons (Fsp3) is 0.452. The summed E-state index contributed by atoms with van der Waals surface area (Å²) in [6.45, 7) is 2.65. The average molecular weight is 576 g/mol. The van der Waals surface area contributed by atoms with E-state index >= 15 is 0 Å². The topological polar surface area (TPSA) is 113 Å². The number of rotatable bonds is 4. The van der Waals surface area contributed by atoms with Gasteiger partial charge in [0.1, 0.15) is 24.0 Å². The molecule has 3 unspecified atom stereocenters. The fourth-order valence-electron chi connectivity index (χ4n) is 7.60. The molecule has 4 aliphatic heterocycles. The lowest BCUT2D eigenvalue weighted by Crippen LogP contribution is -2.54. The highest BCUT2D eigenvalue weighted by atomic mass is 19.1.